The van der Waals surface area contributed by atoms with E-state index in [2.05, 4.69) is 6.92 Å². The third-order valence-corrected chi connectivity index (χ3v) is 4.02. The van der Waals surface area contributed by atoms with Crippen molar-refractivity contribution in [1.29, 1.82) is 0 Å². The molecule has 2 atom stereocenters. The van der Waals surface area contributed by atoms with E-state index in [1.54, 1.807) is 13.2 Å². The maximum atomic E-state index is 12.5. The summed E-state index contributed by atoms with van der Waals surface area (Å²) in [7, 11) is 1.61. The molecular formula is C15H22N2O2. The molecule has 19 heavy (non-hydrogen) atoms. The third kappa shape index (κ3) is 3.07. The van der Waals surface area contributed by atoms with E-state index in [0.717, 1.165) is 19.5 Å². The number of nitrogens with two attached hydrogens (primary N) is 1. The lowest BCUT2D eigenvalue weighted by Gasteiger charge is -2.36. The van der Waals surface area contributed by atoms with Gasteiger partial charge in [0, 0.05) is 18.7 Å². The van der Waals surface area contributed by atoms with E-state index in [1.807, 2.05) is 23.1 Å². The molecule has 2 N–H and O–H groups in total. The van der Waals surface area contributed by atoms with E-state index >= 15 is 0 Å². The SMILES string of the molecule is COc1cccc(C(=O)N2CCC(C)C(CN)C2)c1. The molecule has 4 nitrogen and oxygen atoms in total. The van der Waals surface area contributed by atoms with Crippen LogP contribution in [0.4, 0.5) is 0 Å². The van der Waals surface area contributed by atoms with Crippen LogP contribution in [0.1, 0.15) is 23.7 Å². The van der Waals surface area contributed by atoms with Crippen LogP contribution in [0, 0.1) is 11.8 Å². The molecule has 1 heterocycles. The second-order valence-corrected chi connectivity index (χ2v) is 5.24. The lowest BCUT2D eigenvalue weighted by atomic mass is 9.87. The molecule has 0 radical (unpaired) electrons. The standard InChI is InChI=1S/C15H22N2O2/c1-11-6-7-17(10-13(11)9-16)15(18)12-4-3-5-14(8-12)19-2/h3-5,8,11,13H,6-7,9-10,16H2,1-2H3. The molecule has 1 saturated heterocycles. The maximum Gasteiger partial charge on any atom is 0.253 e. The van der Waals surface area contributed by atoms with E-state index < -0.39 is 0 Å². The molecular weight excluding hydrogens is 240 g/mol. The van der Waals surface area contributed by atoms with Crippen molar-refractivity contribution >= 4 is 5.91 Å². The summed E-state index contributed by atoms with van der Waals surface area (Å²) in [4.78, 5) is 14.4. The fourth-order valence-electron chi connectivity index (χ4n) is 2.58. The zero-order chi connectivity index (χ0) is 13.8. The Morgan fingerprint density at radius 1 is 1.53 bits per heavy atom. The van der Waals surface area contributed by atoms with Gasteiger partial charge >= 0.3 is 0 Å². The number of ether oxygens (including phenoxy) is 1. The largest absolute Gasteiger partial charge is 0.497 e. The van der Waals surface area contributed by atoms with Crippen LogP contribution < -0.4 is 10.5 Å². The smallest absolute Gasteiger partial charge is 0.253 e. The summed E-state index contributed by atoms with van der Waals surface area (Å²) in [5.74, 6) is 1.79. The molecule has 0 bridgehead atoms. The van der Waals surface area contributed by atoms with Gasteiger partial charge in [0.15, 0.2) is 0 Å². The number of hydrogen-bond acceptors (Lipinski definition) is 3. The molecule has 1 aliphatic rings. The molecule has 0 spiro atoms. The number of piperidine rings is 1. The first-order valence-corrected chi connectivity index (χ1v) is 6.79. The van der Waals surface area contributed by atoms with Crippen LogP contribution in [0.25, 0.3) is 0 Å². The highest BCUT2D eigenvalue weighted by Gasteiger charge is 2.28. The molecule has 2 rings (SSSR count). The number of methoxy groups -OCH3 is 1. The average Bonchev–Trinajstić information content (AvgIpc) is 2.47. The van der Waals surface area contributed by atoms with Crippen molar-refractivity contribution in [3.05, 3.63) is 29.8 Å². The molecule has 1 aromatic rings. The van der Waals surface area contributed by atoms with Crippen LogP contribution in [0.15, 0.2) is 24.3 Å². The number of benzene rings is 1. The molecule has 1 amide bonds. The predicted molar refractivity (Wildman–Crippen MR) is 75.2 cm³/mol. The monoisotopic (exact) mass is 262 g/mol. The Labute approximate surface area is 114 Å². The zero-order valence-electron chi connectivity index (χ0n) is 11.6. The van der Waals surface area contributed by atoms with Crippen molar-refractivity contribution in [3.8, 4) is 5.75 Å². The van der Waals surface area contributed by atoms with Crippen LogP contribution in [0.2, 0.25) is 0 Å². The Kier molecular flexibility index (Phi) is 4.43. The van der Waals surface area contributed by atoms with Crippen LogP contribution in [-0.4, -0.2) is 37.6 Å². The number of rotatable bonds is 3. The van der Waals surface area contributed by atoms with Crippen molar-refractivity contribution in [2.75, 3.05) is 26.7 Å². The van der Waals surface area contributed by atoms with Crippen LogP contribution in [0.5, 0.6) is 5.75 Å². The summed E-state index contributed by atoms with van der Waals surface area (Å²) in [6, 6.07) is 7.31. The third-order valence-electron chi connectivity index (χ3n) is 4.02. The molecule has 0 aromatic heterocycles. The Morgan fingerprint density at radius 2 is 2.32 bits per heavy atom. The van der Waals surface area contributed by atoms with E-state index in [1.165, 1.54) is 0 Å². The van der Waals surface area contributed by atoms with Gasteiger partial charge in [0.05, 0.1) is 7.11 Å². The minimum atomic E-state index is 0.0734. The highest BCUT2D eigenvalue weighted by atomic mass is 16.5. The number of carbonyl (C=O) groups excluding carboxylic acids is 1. The van der Waals surface area contributed by atoms with E-state index in [-0.39, 0.29) is 5.91 Å². The Balaban J connectivity index is 2.10. The van der Waals surface area contributed by atoms with Crippen molar-refractivity contribution < 1.29 is 9.53 Å². The number of nitrogens with zero attached hydrogens (tertiary/aromatic N) is 1. The van der Waals surface area contributed by atoms with Gasteiger partial charge in [0.1, 0.15) is 5.75 Å². The summed E-state index contributed by atoms with van der Waals surface area (Å²) in [5.41, 5.74) is 6.47. The molecule has 2 unspecified atom stereocenters. The molecule has 1 aliphatic heterocycles. The van der Waals surface area contributed by atoms with Crippen LogP contribution >= 0.6 is 0 Å². The van der Waals surface area contributed by atoms with Gasteiger partial charge in [-0.15, -0.1) is 0 Å². The molecule has 4 heteroatoms. The maximum absolute atomic E-state index is 12.5. The Hall–Kier alpha value is -1.55. The topological polar surface area (TPSA) is 55.6 Å². The first kappa shape index (κ1) is 13.9. The Bertz CT molecular complexity index is 448. The molecule has 0 aliphatic carbocycles. The lowest BCUT2D eigenvalue weighted by Crippen LogP contribution is -2.45. The van der Waals surface area contributed by atoms with Gasteiger partial charge in [-0.05, 0) is 43.0 Å². The van der Waals surface area contributed by atoms with Gasteiger partial charge in [-0.1, -0.05) is 13.0 Å². The first-order chi connectivity index (χ1) is 9.15. The molecule has 0 saturated carbocycles. The number of hydrogen-bond donors (Lipinski definition) is 1. The lowest BCUT2D eigenvalue weighted by molar-refractivity contribution is 0.0618. The van der Waals surface area contributed by atoms with Crippen molar-refractivity contribution in [2.24, 2.45) is 17.6 Å². The van der Waals surface area contributed by atoms with Gasteiger partial charge < -0.3 is 15.4 Å². The van der Waals surface area contributed by atoms with Crippen molar-refractivity contribution in [1.82, 2.24) is 4.90 Å². The minimum Gasteiger partial charge on any atom is -0.497 e. The first-order valence-electron chi connectivity index (χ1n) is 6.79. The second kappa shape index (κ2) is 6.06. The van der Waals surface area contributed by atoms with Gasteiger partial charge in [-0.2, -0.15) is 0 Å². The molecule has 1 fully saturated rings. The van der Waals surface area contributed by atoms with Crippen LogP contribution in [-0.2, 0) is 0 Å². The summed E-state index contributed by atoms with van der Waals surface area (Å²) in [5, 5.41) is 0. The minimum absolute atomic E-state index is 0.0734. The van der Waals surface area contributed by atoms with Gasteiger partial charge in [0.2, 0.25) is 0 Å². The average molecular weight is 262 g/mol. The van der Waals surface area contributed by atoms with Crippen molar-refractivity contribution in [3.63, 3.8) is 0 Å². The normalized spacial score (nSPS) is 23.2. The highest BCUT2D eigenvalue weighted by molar-refractivity contribution is 5.94. The summed E-state index contributed by atoms with van der Waals surface area (Å²) < 4.78 is 5.16. The molecule has 104 valence electrons. The number of carbonyl (C=O) groups is 1. The quantitative estimate of drug-likeness (QED) is 0.903. The fourth-order valence-corrected chi connectivity index (χ4v) is 2.58. The van der Waals surface area contributed by atoms with E-state index in [9.17, 15) is 4.79 Å². The molecule has 1 aromatic carbocycles. The van der Waals surface area contributed by atoms with Gasteiger partial charge in [-0.25, -0.2) is 0 Å². The second-order valence-electron chi connectivity index (χ2n) is 5.24. The summed E-state index contributed by atoms with van der Waals surface area (Å²) >= 11 is 0. The zero-order valence-corrected chi connectivity index (χ0v) is 11.6. The van der Waals surface area contributed by atoms with Crippen LogP contribution in [0.3, 0.4) is 0 Å². The predicted octanol–water partition coefficient (Wildman–Crippen LogP) is 1.75. The number of amides is 1. The summed E-state index contributed by atoms with van der Waals surface area (Å²) in [6.07, 6.45) is 1.03. The van der Waals surface area contributed by atoms with E-state index in [4.69, 9.17) is 10.5 Å². The van der Waals surface area contributed by atoms with E-state index in [0.29, 0.717) is 29.7 Å². The number of likely N-dealkylation sites (tertiary alicyclic amines) is 1. The van der Waals surface area contributed by atoms with Gasteiger partial charge in [0.25, 0.3) is 5.91 Å². The van der Waals surface area contributed by atoms with Crippen molar-refractivity contribution in [2.45, 2.75) is 13.3 Å². The highest BCUT2D eigenvalue weighted by Crippen LogP contribution is 2.24. The fraction of sp³-hybridized carbons (Fsp3) is 0.533. The summed E-state index contributed by atoms with van der Waals surface area (Å²) in [6.45, 7) is 4.43. The Morgan fingerprint density at radius 3 is 3.00 bits per heavy atom. The van der Waals surface area contributed by atoms with Gasteiger partial charge in [-0.3, -0.25) is 4.79 Å².